The SMILES string of the molecule is COc1ccc(CCc2noc(C)c2C(=O)O)cc1.Cl. The Bertz CT molecular complexity index is 577. The van der Waals surface area contributed by atoms with E-state index >= 15 is 0 Å². The van der Waals surface area contributed by atoms with Crippen molar-refractivity contribution in [2.24, 2.45) is 0 Å². The van der Waals surface area contributed by atoms with Crippen molar-refractivity contribution in [3.8, 4) is 5.75 Å². The Balaban J connectivity index is 0.00000200. The average molecular weight is 298 g/mol. The Morgan fingerprint density at radius 2 is 1.95 bits per heavy atom. The molecule has 1 heterocycles. The summed E-state index contributed by atoms with van der Waals surface area (Å²) in [6.45, 7) is 1.60. The molecule has 0 bridgehead atoms. The van der Waals surface area contributed by atoms with Crippen LogP contribution in [0.3, 0.4) is 0 Å². The lowest BCUT2D eigenvalue weighted by molar-refractivity contribution is 0.0694. The first-order valence-corrected chi connectivity index (χ1v) is 5.93. The number of hydrogen-bond donors (Lipinski definition) is 1. The van der Waals surface area contributed by atoms with Gasteiger partial charge in [-0.15, -0.1) is 12.4 Å². The molecule has 0 aliphatic rings. The summed E-state index contributed by atoms with van der Waals surface area (Å²) in [7, 11) is 1.62. The van der Waals surface area contributed by atoms with Gasteiger partial charge in [0, 0.05) is 0 Å². The molecule has 5 nitrogen and oxygen atoms in total. The van der Waals surface area contributed by atoms with Crippen molar-refractivity contribution >= 4 is 18.4 Å². The van der Waals surface area contributed by atoms with Gasteiger partial charge in [-0.2, -0.15) is 0 Å². The van der Waals surface area contributed by atoms with Crippen LogP contribution >= 0.6 is 12.4 Å². The molecule has 0 unspecified atom stereocenters. The van der Waals surface area contributed by atoms with Crippen molar-refractivity contribution in [1.29, 1.82) is 0 Å². The number of hydrogen-bond acceptors (Lipinski definition) is 4. The van der Waals surface area contributed by atoms with Crippen LogP contribution in [-0.4, -0.2) is 23.3 Å². The molecule has 108 valence electrons. The predicted octanol–water partition coefficient (Wildman–Crippen LogP) is 2.90. The Labute approximate surface area is 123 Å². The maximum absolute atomic E-state index is 11.1. The summed E-state index contributed by atoms with van der Waals surface area (Å²) < 4.78 is 10.0. The van der Waals surface area contributed by atoms with E-state index in [1.807, 2.05) is 24.3 Å². The monoisotopic (exact) mass is 297 g/mol. The van der Waals surface area contributed by atoms with Gasteiger partial charge in [-0.3, -0.25) is 0 Å². The normalized spacial score (nSPS) is 9.90. The molecule has 0 saturated carbocycles. The predicted molar refractivity (Wildman–Crippen MR) is 75.8 cm³/mol. The minimum atomic E-state index is -0.997. The van der Waals surface area contributed by atoms with Crippen molar-refractivity contribution in [3.05, 3.63) is 46.8 Å². The number of rotatable bonds is 5. The molecule has 0 radical (unpaired) electrons. The second-order valence-corrected chi connectivity index (χ2v) is 4.21. The zero-order valence-corrected chi connectivity index (χ0v) is 12.1. The van der Waals surface area contributed by atoms with Gasteiger partial charge in [0.05, 0.1) is 12.8 Å². The van der Waals surface area contributed by atoms with E-state index in [2.05, 4.69) is 5.16 Å². The third-order valence-electron chi connectivity index (χ3n) is 2.96. The lowest BCUT2D eigenvalue weighted by atomic mass is 10.0. The van der Waals surface area contributed by atoms with Gasteiger partial charge < -0.3 is 14.4 Å². The fraction of sp³-hybridized carbons (Fsp3) is 0.286. The molecule has 0 aliphatic heterocycles. The van der Waals surface area contributed by atoms with Gasteiger partial charge in [-0.05, 0) is 37.5 Å². The zero-order valence-electron chi connectivity index (χ0n) is 11.3. The van der Waals surface area contributed by atoms with Crippen LogP contribution in [0.4, 0.5) is 0 Å². The molecular weight excluding hydrogens is 282 g/mol. The third-order valence-corrected chi connectivity index (χ3v) is 2.96. The lowest BCUT2D eigenvalue weighted by Gasteiger charge is -2.02. The first-order valence-electron chi connectivity index (χ1n) is 5.93. The molecule has 0 aliphatic carbocycles. The highest BCUT2D eigenvalue weighted by Gasteiger charge is 2.18. The second-order valence-electron chi connectivity index (χ2n) is 4.21. The Morgan fingerprint density at radius 1 is 1.30 bits per heavy atom. The van der Waals surface area contributed by atoms with Gasteiger partial charge in [0.15, 0.2) is 0 Å². The molecule has 1 N–H and O–H groups in total. The number of ether oxygens (including phenoxy) is 1. The van der Waals surface area contributed by atoms with Crippen LogP contribution in [0.2, 0.25) is 0 Å². The maximum atomic E-state index is 11.1. The highest BCUT2D eigenvalue weighted by molar-refractivity contribution is 5.89. The number of carbonyl (C=O) groups is 1. The number of aromatic nitrogens is 1. The topological polar surface area (TPSA) is 72.6 Å². The molecule has 0 saturated heterocycles. The fourth-order valence-corrected chi connectivity index (χ4v) is 1.92. The van der Waals surface area contributed by atoms with Crippen LogP contribution in [-0.2, 0) is 12.8 Å². The molecule has 0 atom stereocenters. The van der Waals surface area contributed by atoms with E-state index in [1.165, 1.54) is 0 Å². The number of aryl methyl sites for hydroxylation is 3. The minimum absolute atomic E-state index is 0. The molecule has 20 heavy (non-hydrogen) atoms. The van der Waals surface area contributed by atoms with E-state index in [9.17, 15) is 4.79 Å². The van der Waals surface area contributed by atoms with Crippen molar-refractivity contribution < 1.29 is 19.2 Å². The van der Waals surface area contributed by atoms with Crippen molar-refractivity contribution in [3.63, 3.8) is 0 Å². The summed E-state index contributed by atoms with van der Waals surface area (Å²) >= 11 is 0. The molecule has 2 rings (SSSR count). The highest BCUT2D eigenvalue weighted by Crippen LogP contribution is 2.17. The molecule has 0 fully saturated rings. The Hall–Kier alpha value is -2.01. The second kappa shape index (κ2) is 6.96. The smallest absolute Gasteiger partial charge is 0.341 e. The van der Waals surface area contributed by atoms with Crippen LogP contribution in [0.15, 0.2) is 28.8 Å². The van der Waals surface area contributed by atoms with Crippen LogP contribution in [0.5, 0.6) is 5.75 Å². The highest BCUT2D eigenvalue weighted by atomic mass is 35.5. The number of methoxy groups -OCH3 is 1. The molecule has 2 aromatic rings. The minimum Gasteiger partial charge on any atom is -0.497 e. The summed E-state index contributed by atoms with van der Waals surface area (Å²) in [4.78, 5) is 11.1. The quantitative estimate of drug-likeness (QED) is 0.918. The van der Waals surface area contributed by atoms with Crippen LogP contribution in [0, 0.1) is 6.92 Å². The van der Waals surface area contributed by atoms with Gasteiger partial charge in [-0.1, -0.05) is 17.3 Å². The van der Waals surface area contributed by atoms with Gasteiger partial charge >= 0.3 is 5.97 Å². The number of halogens is 1. The number of nitrogens with zero attached hydrogens (tertiary/aromatic N) is 1. The van der Waals surface area contributed by atoms with E-state index in [0.29, 0.717) is 24.3 Å². The van der Waals surface area contributed by atoms with Gasteiger partial charge in [-0.25, -0.2) is 4.79 Å². The van der Waals surface area contributed by atoms with Crippen molar-refractivity contribution in [1.82, 2.24) is 5.16 Å². The summed E-state index contributed by atoms with van der Waals surface area (Å²) in [5.41, 5.74) is 1.76. The van der Waals surface area contributed by atoms with Gasteiger partial charge in [0.1, 0.15) is 17.1 Å². The largest absolute Gasteiger partial charge is 0.497 e. The summed E-state index contributed by atoms with van der Waals surface area (Å²) in [5, 5.41) is 12.9. The average Bonchev–Trinajstić information content (AvgIpc) is 2.78. The first-order chi connectivity index (χ1) is 9.11. The molecule has 1 aromatic heterocycles. The molecule has 0 spiro atoms. The number of carboxylic acid groups (broad SMARTS) is 1. The Kier molecular flexibility index (Phi) is 5.58. The zero-order chi connectivity index (χ0) is 13.8. The van der Waals surface area contributed by atoms with Crippen molar-refractivity contribution in [2.45, 2.75) is 19.8 Å². The first kappa shape index (κ1) is 16.0. The summed E-state index contributed by atoms with van der Waals surface area (Å²) in [5.74, 6) is 0.146. The van der Waals surface area contributed by atoms with Crippen LogP contribution < -0.4 is 4.74 Å². The third kappa shape index (κ3) is 3.51. The summed E-state index contributed by atoms with van der Waals surface area (Å²) in [6, 6.07) is 7.65. The van der Waals surface area contributed by atoms with Crippen LogP contribution in [0.1, 0.15) is 27.4 Å². The van der Waals surface area contributed by atoms with E-state index in [0.717, 1.165) is 11.3 Å². The molecule has 1 aromatic carbocycles. The van der Waals surface area contributed by atoms with Gasteiger partial charge in [0.25, 0.3) is 0 Å². The van der Waals surface area contributed by atoms with Crippen LogP contribution in [0.25, 0.3) is 0 Å². The van der Waals surface area contributed by atoms with Gasteiger partial charge in [0.2, 0.25) is 0 Å². The van der Waals surface area contributed by atoms with E-state index in [1.54, 1.807) is 14.0 Å². The van der Waals surface area contributed by atoms with E-state index < -0.39 is 5.97 Å². The number of benzene rings is 1. The molecule has 6 heteroatoms. The fourth-order valence-electron chi connectivity index (χ4n) is 1.92. The summed E-state index contributed by atoms with van der Waals surface area (Å²) in [6.07, 6.45) is 1.24. The van der Waals surface area contributed by atoms with E-state index in [4.69, 9.17) is 14.4 Å². The number of carboxylic acids is 1. The van der Waals surface area contributed by atoms with Crippen molar-refractivity contribution in [2.75, 3.05) is 7.11 Å². The molecule has 0 amide bonds. The standard InChI is InChI=1S/C14H15NO4.ClH/c1-9-13(14(16)17)12(15-19-9)8-5-10-3-6-11(18-2)7-4-10;/h3-4,6-7H,5,8H2,1-2H3,(H,16,17);1H. The Morgan fingerprint density at radius 3 is 2.50 bits per heavy atom. The molecular formula is C14H16ClNO4. The lowest BCUT2D eigenvalue weighted by Crippen LogP contribution is -2.03. The maximum Gasteiger partial charge on any atom is 0.341 e. The van der Waals surface area contributed by atoms with E-state index in [-0.39, 0.29) is 18.0 Å². The number of aromatic carboxylic acids is 1.